The summed E-state index contributed by atoms with van der Waals surface area (Å²) in [4.78, 5) is 17.8. The molecule has 3 heterocycles. The average Bonchev–Trinajstić information content (AvgIpc) is 3.59. The molecule has 12 heteroatoms. The third-order valence-electron chi connectivity index (χ3n) is 5.48. The molecule has 36 heavy (non-hydrogen) atoms. The SMILES string of the molecule is COc1ccc(-c2c(C(=O)NCCO)c(C)nc(Oc3ccc4c(c3)OCO4)c2-c2nn[nH]n2)cc1. The lowest BCUT2D eigenvalue weighted by atomic mass is 9.93. The van der Waals surface area contributed by atoms with Gasteiger partial charge >= 0.3 is 0 Å². The second kappa shape index (κ2) is 9.88. The molecule has 0 fully saturated rings. The lowest BCUT2D eigenvalue weighted by molar-refractivity contribution is 0.0944. The Hall–Kier alpha value is -4.71. The minimum atomic E-state index is -0.417. The Morgan fingerprint density at radius 2 is 1.89 bits per heavy atom. The minimum absolute atomic E-state index is 0.0767. The summed E-state index contributed by atoms with van der Waals surface area (Å²) in [5.74, 6) is 2.17. The first-order chi connectivity index (χ1) is 17.6. The predicted molar refractivity (Wildman–Crippen MR) is 126 cm³/mol. The molecule has 1 aliphatic heterocycles. The molecule has 12 nitrogen and oxygen atoms in total. The number of rotatable bonds is 8. The van der Waals surface area contributed by atoms with E-state index in [4.69, 9.17) is 18.9 Å². The number of aliphatic hydroxyl groups excluding tert-OH is 1. The Labute approximate surface area is 205 Å². The Morgan fingerprint density at radius 3 is 2.61 bits per heavy atom. The number of carbonyl (C=O) groups is 1. The van der Waals surface area contributed by atoms with Gasteiger partial charge in [0.1, 0.15) is 11.5 Å². The van der Waals surface area contributed by atoms with Gasteiger partial charge < -0.3 is 29.4 Å². The van der Waals surface area contributed by atoms with Crippen LogP contribution < -0.4 is 24.3 Å². The number of tetrazole rings is 1. The van der Waals surface area contributed by atoms with Gasteiger partial charge in [0.2, 0.25) is 18.5 Å². The molecule has 2 aromatic carbocycles. The molecule has 0 atom stereocenters. The van der Waals surface area contributed by atoms with Crippen molar-refractivity contribution in [1.82, 2.24) is 30.9 Å². The molecule has 0 bridgehead atoms. The highest BCUT2D eigenvalue weighted by molar-refractivity contribution is 6.06. The summed E-state index contributed by atoms with van der Waals surface area (Å²) in [7, 11) is 1.57. The summed E-state index contributed by atoms with van der Waals surface area (Å²) in [6.07, 6.45) is 0. The van der Waals surface area contributed by atoms with Crippen LogP contribution in [-0.4, -0.2) is 63.7 Å². The largest absolute Gasteiger partial charge is 0.497 e. The number of H-pyrrole nitrogens is 1. The van der Waals surface area contributed by atoms with Crippen LogP contribution in [0.2, 0.25) is 0 Å². The summed E-state index contributed by atoms with van der Waals surface area (Å²) in [5, 5.41) is 26.4. The number of pyridine rings is 1. The van der Waals surface area contributed by atoms with Crippen LogP contribution in [0.1, 0.15) is 16.1 Å². The van der Waals surface area contributed by atoms with Gasteiger partial charge in [0.15, 0.2) is 11.5 Å². The third kappa shape index (κ3) is 4.36. The van der Waals surface area contributed by atoms with Crippen molar-refractivity contribution in [1.29, 1.82) is 0 Å². The molecule has 0 saturated heterocycles. The molecule has 1 amide bonds. The quantitative estimate of drug-likeness (QED) is 0.336. The van der Waals surface area contributed by atoms with Gasteiger partial charge in [0.25, 0.3) is 5.91 Å². The Balaban J connectivity index is 1.72. The lowest BCUT2D eigenvalue weighted by Crippen LogP contribution is -2.28. The summed E-state index contributed by atoms with van der Waals surface area (Å²) in [6.45, 7) is 1.70. The Morgan fingerprint density at radius 1 is 1.11 bits per heavy atom. The van der Waals surface area contributed by atoms with Crippen molar-refractivity contribution in [3.63, 3.8) is 0 Å². The van der Waals surface area contributed by atoms with Crippen molar-refractivity contribution >= 4 is 5.91 Å². The summed E-state index contributed by atoms with van der Waals surface area (Å²) in [5.41, 5.74) is 2.19. The van der Waals surface area contributed by atoms with Gasteiger partial charge in [0, 0.05) is 18.2 Å². The maximum absolute atomic E-state index is 13.2. The first kappa shape index (κ1) is 23.1. The van der Waals surface area contributed by atoms with E-state index >= 15 is 0 Å². The molecule has 2 aromatic heterocycles. The van der Waals surface area contributed by atoms with Crippen LogP contribution in [0, 0.1) is 6.92 Å². The highest BCUT2D eigenvalue weighted by atomic mass is 16.7. The molecule has 184 valence electrons. The predicted octanol–water partition coefficient (Wildman–Crippen LogP) is 2.49. The first-order valence-corrected chi connectivity index (χ1v) is 11.0. The van der Waals surface area contributed by atoms with Crippen LogP contribution in [0.3, 0.4) is 0 Å². The highest BCUT2D eigenvalue weighted by Gasteiger charge is 2.28. The fourth-order valence-corrected chi connectivity index (χ4v) is 3.86. The number of ether oxygens (including phenoxy) is 4. The molecular weight excluding hydrogens is 468 g/mol. The van der Waals surface area contributed by atoms with Gasteiger partial charge in [-0.3, -0.25) is 4.79 Å². The van der Waals surface area contributed by atoms with E-state index < -0.39 is 5.91 Å². The van der Waals surface area contributed by atoms with Gasteiger partial charge in [-0.2, -0.15) is 5.21 Å². The van der Waals surface area contributed by atoms with Gasteiger partial charge in [-0.15, -0.1) is 10.2 Å². The highest BCUT2D eigenvalue weighted by Crippen LogP contribution is 2.43. The van der Waals surface area contributed by atoms with Crippen LogP contribution in [0.25, 0.3) is 22.5 Å². The maximum atomic E-state index is 13.2. The number of nitrogens with one attached hydrogen (secondary N) is 2. The molecule has 0 unspecified atom stereocenters. The van der Waals surface area contributed by atoms with Crippen LogP contribution in [0.4, 0.5) is 0 Å². The molecule has 4 aromatic rings. The van der Waals surface area contributed by atoms with E-state index in [1.165, 1.54) is 0 Å². The van der Waals surface area contributed by atoms with E-state index in [-0.39, 0.29) is 37.2 Å². The average molecular weight is 490 g/mol. The van der Waals surface area contributed by atoms with Crippen molar-refractivity contribution in [2.24, 2.45) is 0 Å². The first-order valence-electron chi connectivity index (χ1n) is 11.0. The zero-order valence-corrected chi connectivity index (χ0v) is 19.4. The molecular formula is C24H22N6O6. The monoisotopic (exact) mass is 490 g/mol. The smallest absolute Gasteiger partial charge is 0.253 e. The number of hydrogen-bond donors (Lipinski definition) is 3. The zero-order chi connectivity index (χ0) is 25.1. The summed E-state index contributed by atoms with van der Waals surface area (Å²) in [6, 6.07) is 12.3. The number of aryl methyl sites for hydroxylation is 1. The number of nitrogens with zero attached hydrogens (tertiary/aromatic N) is 4. The van der Waals surface area contributed by atoms with Crippen LogP contribution in [0.15, 0.2) is 42.5 Å². The topological polar surface area (TPSA) is 154 Å². The fraction of sp³-hybridized carbons (Fsp3) is 0.208. The number of amides is 1. The maximum Gasteiger partial charge on any atom is 0.253 e. The van der Waals surface area contributed by atoms with Crippen LogP contribution >= 0.6 is 0 Å². The van der Waals surface area contributed by atoms with Crippen LogP contribution in [0.5, 0.6) is 28.9 Å². The van der Waals surface area contributed by atoms with Crippen LogP contribution in [-0.2, 0) is 0 Å². The third-order valence-corrected chi connectivity index (χ3v) is 5.48. The number of aromatic nitrogens is 5. The number of aromatic amines is 1. The van der Waals surface area contributed by atoms with E-state index in [9.17, 15) is 9.90 Å². The number of methoxy groups -OCH3 is 1. The van der Waals surface area contributed by atoms with E-state index in [0.717, 1.165) is 0 Å². The van der Waals surface area contributed by atoms with Gasteiger partial charge in [-0.1, -0.05) is 12.1 Å². The van der Waals surface area contributed by atoms with E-state index in [1.54, 1.807) is 44.4 Å². The number of fused-ring (bicyclic) bond motifs is 1. The molecule has 5 rings (SSSR count). The molecule has 0 saturated carbocycles. The lowest BCUT2D eigenvalue weighted by Gasteiger charge is -2.19. The van der Waals surface area contributed by atoms with E-state index in [2.05, 4.69) is 30.9 Å². The zero-order valence-electron chi connectivity index (χ0n) is 19.4. The van der Waals surface area contributed by atoms with Crippen molar-refractivity contribution < 1.29 is 28.8 Å². The van der Waals surface area contributed by atoms with Crippen molar-refractivity contribution in [3.8, 4) is 51.4 Å². The number of hydrogen-bond acceptors (Lipinski definition) is 10. The molecule has 1 aliphatic rings. The molecule has 0 radical (unpaired) electrons. The van der Waals surface area contributed by atoms with Crippen molar-refractivity contribution in [2.75, 3.05) is 27.1 Å². The molecule has 0 aliphatic carbocycles. The van der Waals surface area contributed by atoms with Crippen molar-refractivity contribution in [2.45, 2.75) is 6.92 Å². The Kier molecular flexibility index (Phi) is 6.33. The standard InChI is InChI=1S/C24H22N6O6/c1-13-19(23(32)25-9-10-31)20(14-3-5-15(33-2)6-4-14)21(22-27-29-30-28-22)24(26-13)36-16-7-8-17-18(11-16)35-12-34-17/h3-8,11,31H,9-10,12H2,1-2H3,(H,25,32)(H,27,28,29,30). The van der Waals surface area contributed by atoms with Gasteiger partial charge in [-0.05, 0) is 42.0 Å². The fourth-order valence-electron chi connectivity index (χ4n) is 3.86. The number of carbonyl (C=O) groups excluding carboxylic acids is 1. The Bertz CT molecular complexity index is 1390. The normalized spacial score (nSPS) is 11.9. The van der Waals surface area contributed by atoms with Gasteiger partial charge in [0.05, 0.1) is 30.5 Å². The summed E-state index contributed by atoms with van der Waals surface area (Å²) < 4.78 is 22.3. The van der Waals surface area contributed by atoms with Gasteiger partial charge in [-0.25, -0.2) is 4.98 Å². The van der Waals surface area contributed by atoms with E-state index in [0.29, 0.717) is 45.4 Å². The molecule has 0 spiro atoms. The van der Waals surface area contributed by atoms with E-state index in [1.807, 2.05) is 12.1 Å². The second-order valence-corrected chi connectivity index (χ2v) is 7.69. The number of benzene rings is 2. The molecule has 3 N–H and O–H groups in total. The number of aliphatic hydroxyl groups is 1. The summed E-state index contributed by atoms with van der Waals surface area (Å²) >= 11 is 0. The second-order valence-electron chi connectivity index (χ2n) is 7.69. The van der Waals surface area contributed by atoms with Crippen molar-refractivity contribution in [3.05, 3.63) is 53.7 Å². The minimum Gasteiger partial charge on any atom is -0.497 e.